The summed E-state index contributed by atoms with van der Waals surface area (Å²) in [6, 6.07) is 7.74. The lowest BCUT2D eigenvalue weighted by atomic mass is 10.1. The van der Waals surface area contributed by atoms with Crippen LogP contribution in [0.15, 0.2) is 24.3 Å². The van der Waals surface area contributed by atoms with Gasteiger partial charge in [-0.1, -0.05) is 64.5 Å². The van der Waals surface area contributed by atoms with Crippen LogP contribution in [-0.4, -0.2) is 12.8 Å². The molecular formula is C19H30O3. The molecule has 0 atom stereocenters. The molecule has 22 heavy (non-hydrogen) atoms. The van der Waals surface area contributed by atoms with E-state index >= 15 is 0 Å². The average Bonchev–Trinajstić information content (AvgIpc) is 2.52. The van der Waals surface area contributed by atoms with Gasteiger partial charge in [0.25, 0.3) is 0 Å². The molecule has 0 saturated heterocycles. The first kappa shape index (κ1) is 18.5. The summed E-state index contributed by atoms with van der Waals surface area (Å²) < 4.78 is 10.1. The monoisotopic (exact) mass is 306 g/mol. The Kier molecular flexibility index (Phi) is 10.2. The zero-order chi connectivity index (χ0) is 16.0. The van der Waals surface area contributed by atoms with Gasteiger partial charge in [0.05, 0.1) is 6.61 Å². The van der Waals surface area contributed by atoms with E-state index in [0.717, 1.165) is 19.3 Å². The molecule has 0 bridgehead atoms. The normalized spacial score (nSPS) is 10.5. The zero-order valence-corrected chi connectivity index (χ0v) is 14.1. The molecule has 0 unspecified atom stereocenters. The van der Waals surface area contributed by atoms with Gasteiger partial charge in [-0.25, -0.2) is 4.79 Å². The van der Waals surface area contributed by atoms with E-state index in [1.165, 1.54) is 44.1 Å². The Bertz CT molecular complexity index is 398. The Morgan fingerprint density at radius 1 is 0.864 bits per heavy atom. The van der Waals surface area contributed by atoms with Crippen LogP contribution in [0.3, 0.4) is 0 Å². The van der Waals surface area contributed by atoms with Crippen LogP contribution in [0.4, 0.5) is 4.79 Å². The summed E-state index contributed by atoms with van der Waals surface area (Å²) in [5, 5.41) is 0. The van der Waals surface area contributed by atoms with Gasteiger partial charge in [-0.05, 0) is 37.0 Å². The molecule has 1 rings (SSSR count). The molecule has 0 fully saturated rings. The van der Waals surface area contributed by atoms with Gasteiger partial charge < -0.3 is 9.47 Å². The quantitative estimate of drug-likeness (QED) is 0.290. The highest BCUT2D eigenvalue weighted by Crippen LogP contribution is 2.15. The fraction of sp³-hybridized carbons (Fsp3) is 0.632. The summed E-state index contributed by atoms with van der Waals surface area (Å²) >= 11 is 0. The Hall–Kier alpha value is -1.51. The minimum absolute atomic E-state index is 0.422. The van der Waals surface area contributed by atoms with Crippen molar-refractivity contribution in [2.45, 2.75) is 71.6 Å². The van der Waals surface area contributed by atoms with Crippen LogP contribution in [0.1, 0.15) is 70.8 Å². The molecule has 0 aliphatic carbocycles. The molecule has 1 aromatic rings. The molecule has 0 saturated carbocycles. The smallest absolute Gasteiger partial charge is 0.434 e. The number of carbonyl (C=O) groups is 1. The number of unbranched alkanes of at least 4 members (excludes halogenated alkanes) is 6. The summed E-state index contributed by atoms with van der Waals surface area (Å²) in [4.78, 5) is 11.4. The van der Waals surface area contributed by atoms with Crippen LogP contribution in [0, 0.1) is 0 Å². The van der Waals surface area contributed by atoms with Crippen molar-refractivity contribution in [1.29, 1.82) is 0 Å². The number of rotatable bonds is 11. The summed E-state index contributed by atoms with van der Waals surface area (Å²) in [6.45, 7) is 4.71. The van der Waals surface area contributed by atoms with Gasteiger partial charge in [-0.15, -0.1) is 0 Å². The van der Waals surface area contributed by atoms with Crippen molar-refractivity contribution < 1.29 is 14.3 Å². The predicted molar refractivity (Wildman–Crippen MR) is 90.4 cm³/mol. The average molecular weight is 306 g/mol. The van der Waals surface area contributed by atoms with Crippen molar-refractivity contribution >= 4 is 6.16 Å². The number of hydrogen-bond donors (Lipinski definition) is 0. The maximum absolute atomic E-state index is 11.4. The van der Waals surface area contributed by atoms with E-state index in [-0.39, 0.29) is 0 Å². The van der Waals surface area contributed by atoms with Crippen LogP contribution in [0.25, 0.3) is 0 Å². The van der Waals surface area contributed by atoms with Gasteiger partial charge in [0.15, 0.2) is 0 Å². The SMILES string of the molecule is CCCCCCCCc1ccc(OC(=O)OCCCC)cc1. The molecule has 0 aliphatic heterocycles. The molecule has 0 aromatic heterocycles. The van der Waals surface area contributed by atoms with E-state index in [9.17, 15) is 4.79 Å². The Morgan fingerprint density at radius 3 is 2.18 bits per heavy atom. The summed E-state index contributed by atoms with van der Waals surface area (Å²) in [7, 11) is 0. The number of hydrogen-bond acceptors (Lipinski definition) is 3. The third-order valence-electron chi connectivity index (χ3n) is 3.66. The maximum atomic E-state index is 11.4. The highest BCUT2D eigenvalue weighted by molar-refractivity contribution is 5.63. The van der Waals surface area contributed by atoms with Crippen LogP contribution in [0.5, 0.6) is 5.75 Å². The standard InChI is InChI=1S/C19H30O3/c1-3-5-7-8-9-10-11-17-12-14-18(15-13-17)22-19(20)21-16-6-4-2/h12-15H,3-11,16H2,1-2H3. The molecule has 0 amide bonds. The Morgan fingerprint density at radius 2 is 1.50 bits per heavy atom. The second kappa shape index (κ2) is 12.1. The molecule has 3 nitrogen and oxygen atoms in total. The Labute approximate surface area is 135 Å². The minimum Gasteiger partial charge on any atom is -0.434 e. The molecule has 0 aliphatic rings. The molecule has 0 spiro atoms. The molecule has 3 heteroatoms. The second-order valence-corrected chi connectivity index (χ2v) is 5.72. The van der Waals surface area contributed by atoms with Crippen LogP contribution in [-0.2, 0) is 11.2 Å². The summed E-state index contributed by atoms with van der Waals surface area (Å²) in [5.74, 6) is 0.549. The van der Waals surface area contributed by atoms with Gasteiger partial charge in [0.2, 0.25) is 0 Å². The molecule has 0 N–H and O–H groups in total. The molecule has 0 radical (unpaired) electrons. The summed E-state index contributed by atoms with van der Waals surface area (Å²) in [5.41, 5.74) is 1.29. The lowest BCUT2D eigenvalue weighted by Crippen LogP contribution is -2.11. The van der Waals surface area contributed by atoms with Gasteiger partial charge in [0, 0.05) is 0 Å². The highest BCUT2D eigenvalue weighted by Gasteiger charge is 2.05. The number of benzene rings is 1. The van der Waals surface area contributed by atoms with Crippen molar-refractivity contribution in [2.24, 2.45) is 0 Å². The number of carbonyl (C=O) groups excluding carboxylic acids is 1. The van der Waals surface area contributed by atoms with E-state index in [1.807, 2.05) is 24.3 Å². The van der Waals surface area contributed by atoms with Gasteiger partial charge in [-0.3, -0.25) is 0 Å². The van der Waals surface area contributed by atoms with Gasteiger partial charge in [-0.2, -0.15) is 0 Å². The largest absolute Gasteiger partial charge is 0.513 e. The topological polar surface area (TPSA) is 35.5 Å². The fourth-order valence-corrected chi connectivity index (χ4v) is 2.26. The third kappa shape index (κ3) is 8.71. The second-order valence-electron chi connectivity index (χ2n) is 5.72. The number of ether oxygens (including phenoxy) is 2. The lowest BCUT2D eigenvalue weighted by molar-refractivity contribution is 0.0978. The summed E-state index contributed by atoms with van der Waals surface area (Å²) in [6.07, 6.45) is 10.2. The van der Waals surface area contributed by atoms with E-state index in [4.69, 9.17) is 9.47 Å². The first-order valence-corrected chi connectivity index (χ1v) is 8.69. The van der Waals surface area contributed by atoms with E-state index in [0.29, 0.717) is 12.4 Å². The van der Waals surface area contributed by atoms with Crippen molar-refractivity contribution in [3.05, 3.63) is 29.8 Å². The van der Waals surface area contributed by atoms with Crippen molar-refractivity contribution in [3.8, 4) is 5.75 Å². The van der Waals surface area contributed by atoms with E-state index in [2.05, 4.69) is 13.8 Å². The zero-order valence-electron chi connectivity index (χ0n) is 14.1. The fourth-order valence-electron chi connectivity index (χ4n) is 2.26. The van der Waals surface area contributed by atoms with Crippen molar-refractivity contribution in [2.75, 3.05) is 6.61 Å². The Balaban J connectivity index is 2.20. The number of aryl methyl sites for hydroxylation is 1. The predicted octanol–water partition coefficient (Wildman–Crippen LogP) is 5.91. The highest BCUT2D eigenvalue weighted by atomic mass is 16.7. The van der Waals surface area contributed by atoms with Crippen LogP contribution >= 0.6 is 0 Å². The molecule has 124 valence electrons. The van der Waals surface area contributed by atoms with E-state index < -0.39 is 6.16 Å². The maximum Gasteiger partial charge on any atom is 0.513 e. The first-order valence-electron chi connectivity index (χ1n) is 8.69. The third-order valence-corrected chi connectivity index (χ3v) is 3.66. The van der Waals surface area contributed by atoms with Crippen molar-refractivity contribution in [1.82, 2.24) is 0 Å². The van der Waals surface area contributed by atoms with E-state index in [1.54, 1.807) is 0 Å². The molecular weight excluding hydrogens is 276 g/mol. The lowest BCUT2D eigenvalue weighted by Gasteiger charge is -2.06. The molecule has 0 heterocycles. The van der Waals surface area contributed by atoms with Crippen LogP contribution < -0.4 is 4.74 Å². The van der Waals surface area contributed by atoms with Crippen LogP contribution in [0.2, 0.25) is 0 Å². The van der Waals surface area contributed by atoms with Crippen molar-refractivity contribution in [3.63, 3.8) is 0 Å². The van der Waals surface area contributed by atoms with Gasteiger partial charge in [0.1, 0.15) is 5.75 Å². The minimum atomic E-state index is -0.614. The molecule has 1 aromatic carbocycles. The van der Waals surface area contributed by atoms with Gasteiger partial charge >= 0.3 is 6.16 Å². The first-order chi connectivity index (χ1) is 10.8.